The number of nitrogens with one attached hydrogen (secondary N) is 1. The summed E-state index contributed by atoms with van der Waals surface area (Å²) in [5, 5.41) is 3.66. The molecule has 1 atom stereocenters. The van der Waals surface area contributed by atoms with Crippen molar-refractivity contribution in [3.8, 4) is 5.75 Å². The van der Waals surface area contributed by atoms with Gasteiger partial charge >= 0.3 is 0 Å². The van der Waals surface area contributed by atoms with E-state index in [0.29, 0.717) is 6.04 Å². The highest BCUT2D eigenvalue weighted by Crippen LogP contribution is 2.21. The second kappa shape index (κ2) is 7.28. The lowest BCUT2D eigenvalue weighted by atomic mass is 9.99. The molecule has 1 aromatic carbocycles. The topological polar surface area (TPSA) is 24.5 Å². The van der Waals surface area contributed by atoms with E-state index in [1.54, 1.807) is 7.11 Å². The molecule has 0 amide bonds. The van der Waals surface area contributed by atoms with E-state index in [1.807, 2.05) is 0 Å². The summed E-state index contributed by atoms with van der Waals surface area (Å²) in [6.45, 7) is 10.1. The van der Waals surface area contributed by atoms with Crippen molar-refractivity contribution in [2.75, 3.05) is 20.2 Å². The van der Waals surface area contributed by atoms with Crippen molar-refractivity contribution in [2.24, 2.45) is 0 Å². The minimum atomic E-state index is 0.198. The smallest absolute Gasteiger partial charge is 0.118 e. The van der Waals surface area contributed by atoms with Crippen molar-refractivity contribution in [3.05, 3.63) is 29.8 Å². The number of hydrogen-bond donors (Lipinski definition) is 1. The Morgan fingerprint density at radius 3 is 2.52 bits per heavy atom. The highest BCUT2D eigenvalue weighted by molar-refractivity contribution is 5.27. The molecule has 2 rings (SSSR count). The van der Waals surface area contributed by atoms with Crippen molar-refractivity contribution in [3.63, 3.8) is 0 Å². The number of benzene rings is 1. The summed E-state index contributed by atoms with van der Waals surface area (Å²) in [5.74, 6) is 0.934. The molecule has 0 aromatic heterocycles. The maximum absolute atomic E-state index is 5.23. The Labute approximate surface area is 129 Å². The Kier molecular flexibility index (Phi) is 5.65. The van der Waals surface area contributed by atoms with E-state index < -0.39 is 0 Å². The third kappa shape index (κ3) is 5.33. The van der Waals surface area contributed by atoms with Crippen LogP contribution in [0.2, 0.25) is 0 Å². The molecule has 118 valence electrons. The van der Waals surface area contributed by atoms with E-state index in [0.717, 1.165) is 18.8 Å². The van der Waals surface area contributed by atoms with Crippen LogP contribution in [0.4, 0.5) is 0 Å². The zero-order chi connectivity index (χ0) is 15.3. The molecule has 1 aliphatic rings. The molecule has 0 spiro atoms. The fraction of sp³-hybridized carbons (Fsp3) is 0.667. The maximum atomic E-state index is 5.23. The molecule has 0 bridgehead atoms. The molecule has 0 aliphatic carbocycles. The molecule has 1 fully saturated rings. The van der Waals surface area contributed by atoms with Crippen LogP contribution < -0.4 is 10.1 Å². The molecule has 1 unspecified atom stereocenters. The van der Waals surface area contributed by atoms with Crippen LogP contribution in [0.25, 0.3) is 0 Å². The molecular formula is C18H30N2O. The van der Waals surface area contributed by atoms with E-state index in [4.69, 9.17) is 4.74 Å². The molecule has 1 saturated heterocycles. The predicted molar refractivity (Wildman–Crippen MR) is 88.8 cm³/mol. The van der Waals surface area contributed by atoms with Gasteiger partial charge in [-0.1, -0.05) is 18.6 Å². The van der Waals surface area contributed by atoms with E-state index in [2.05, 4.69) is 55.3 Å². The lowest BCUT2D eigenvalue weighted by molar-refractivity contribution is 0.131. The highest BCUT2D eigenvalue weighted by atomic mass is 16.5. The van der Waals surface area contributed by atoms with Gasteiger partial charge in [0.2, 0.25) is 0 Å². The highest BCUT2D eigenvalue weighted by Gasteiger charge is 2.23. The van der Waals surface area contributed by atoms with Gasteiger partial charge in [-0.15, -0.1) is 0 Å². The minimum Gasteiger partial charge on any atom is -0.497 e. The molecule has 1 N–H and O–H groups in total. The number of hydrogen-bond acceptors (Lipinski definition) is 3. The van der Waals surface area contributed by atoms with Crippen molar-refractivity contribution in [2.45, 2.75) is 58.2 Å². The Balaban J connectivity index is 1.94. The quantitative estimate of drug-likeness (QED) is 0.899. The first-order chi connectivity index (χ1) is 9.98. The van der Waals surface area contributed by atoms with Crippen LogP contribution in [-0.4, -0.2) is 36.7 Å². The van der Waals surface area contributed by atoms with Gasteiger partial charge in [-0.2, -0.15) is 0 Å². The lowest BCUT2D eigenvalue weighted by Gasteiger charge is -2.37. The average Bonchev–Trinajstić information content (AvgIpc) is 2.46. The molecule has 1 heterocycles. The summed E-state index contributed by atoms with van der Waals surface area (Å²) < 4.78 is 5.23. The van der Waals surface area contributed by atoms with E-state index >= 15 is 0 Å². The van der Waals surface area contributed by atoms with Gasteiger partial charge in [0.25, 0.3) is 0 Å². The minimum absolute atomic E-state index is 0.198. The van der Waals surface area contributed by atoms with Crippen molar-refractivity contribution in [1.82, 2.24) is 10.2 Å². The van der Waals surface area contributed by atoms with E-state index in [1.165, 1.54) is 31.4 Å². The molecule has 1 aliphatic heterocycles. The van der Waals surface area contributed by atoms with Crippen LogP contribution in [0.1, 0.15) is 45.6 Å². The summed E-state index contributed by atoms with van der Waals surface area (Å²) in [4.78, 5) is 2.63. The second-order valence-electron chi connectivity index (χ2n) is 7.10. The molecule has 3 nitrogen and oxygen atoms in total. The molecule has 0 saturated carbocycles. The summed E-state index contributed by atoms with van der Waals surface area (Å²) in [7, 11) is 1.72. The van der Waals surface area contributed by atoms with Gasteiger partial charge in [-0.3, -0.25) is 4.90 Å². The van der Waals surface area contributed by atoms with Crippen molar-refractivity contribution >= 4 is 0 Å². The first-order valence-corrected chi connectivity index (χ1v) is 8.10. The molecular weight excluding hydrogens is 260 g/mol. The van der Waals surface area contributed by atoms with Gasteiger partial charge in [0.1, 0.15) is 5.75 Å². The summed E-state index contributed by atoms with van der Waals surface area (Å²) in [6, 6.07) is 9.13. The van der Waals surface area contributed by atoms with Crippen LogP contribution >= 0.6 is 0 Å². The second-order valence-corrected chi connectivity index (χ2v) is 7.10. The molecule has 21 heavy (non-hydrogen) atoms. The van der Waals surface area contributed by atoms with Crippen LogP contribution in [0.15, 0.2) is 24.3 Å². The lowest BCUT2D eigenvalue weighted by Crippen LogP contribution is -2.49. The van der Waals surface area contributed by atoms with Gasteiger partial charge in [0, 0.05) is 24.7 Å². The standard InChI is InChI=1S/C18H30N2O/c1-18(2,3)19-13-16-7-5-6-12-20(16)14-15-8-10-17(21-4)11-9-15/h8-11,16,19H,5-7,12-14H2,1-4H3. The molecule has 1 aromatic rings. The zero-order valence-corrected chi connectivity index (χ0v) is 14.0. The SMILES string of the molecule is COc1ccc(CN2CCCCC2CNC(C)(C)C)cc1. The normalized spacial score (nSPS) is 20.5. The van der Waals surface area contributed by atoms with Crippen LogP contribution in [0.3, 0.4) is 0 Å². The van der Waals surface area contributed by atoms with Gasteiger partial charge < -0.3 is 10.1 Å². The number of methoxy groups -OCH3 is 1. The van der Waals surface area contributed by atoms with Gasteiger partial charge in [0.15, 0.2) is 0 Å². The Morgan fingerprint density at radius 1 is 1.19 bits per heavy atom. The third-order valence-electron chi connectivity index (χ3n) is 4.16. The summed E-state index contributed by atoms with van der Waals surface area (Å²) in [6.07, 6.45) is 3.98. The fourth-order valence-electron chi connectivity index (χ4n) is 2.89. The number of nitrogens with zero attached hydrogens (tertiary/aromatic N) is 1. The molecule has 0 radical (unpaired) electrons. The Hall–Kier alpha value is -1.06. The van der Waals surface area contributed by atoms with Gasteiger partial charge in [-0.05, 0) is 57.9 Å². The van der Waals surface area contributed by atoms with Crippen molar-refractivity contribution in [1.29, 1.82) is 0 Å². The van der Waals surface area contributed by atoms with E-state index in [-0.39, 0.29) is 5.54 Å². The van der Waals surface area contributed by atoms with Gasteiger partial charge in [0.05, 0.1) is 7.11 Å². The predicted octanol–water partition coefficient (Wildman–Crippen LogP) is 3.44. The Morgan fingerprint density at radius 2 is 1.90 bits per heavy atom. The average molecular weight is 290 g/mol. The van der Waals surface area contributed by atoms with Crippen molar-refractivity contribution < 1.29 is 4.74 Å². The summed E-state index contributed by atoms with van der Waals surface area (Å²) >= 11 is 0. The zero-order valence-electron chi connectivity index (χ0n) is 14.0. The monoisotopic (exact) mass is 290 g/mol. The number of piperidine rings is 1. The first-order valence-electron chi connectivity index (χ1n) is 8.10. The van der Waals surface area contributed by atoms with Crippen LogP contribution in [0.5, 0.6) is 5.75 Å². The fourth-order valence-corrected chi connectivity index (χ4v) is 2.89. The first kappa shape index (κ1) is 16.3. The van der Waals surface area contributed by atoms with E-state index in [9.17, 15) is 0 Å². The Bertz CT molecular complexity index is 422. The summed E-state index contributed by atoms with van der Waals surface area (Å²) in [5.41, 5.74) is 1.57. The maximum Gasteiger partial charge on any atom is 0.118 e. The number of rotatable bonds is 5. The molecule has 3 heteroatoms. The third-order valence-corrected chi connectivity index (χ3v) is 4.16. The van der Waals surface area contributed by atoms with Crippen LogP contribution in [0, 0.1) is 0 Å². The van der Waals surface area contributed by atoms with Crippen LogP contribution in [-0.2, 0) is 6.54 Å². The largest absolute Gasteiger partial charge is 0.497 e. The number of likely N-dealkylation sites (tertiary alicyclic amines) is 1. The number of ether oxygens (including phenoxy) is 1. The van der Waals surface area contributed by atoms with Gasteiger partial charge in [-0.25, -0.2) is 0 Å².